The average Bonchev–Trinajstić information content (AvgIpc) is 3.13. The lowest BCUT2D eigenvalue weighted by Gasteiger charge is -2.21. The number of aryl methyl sites for hydroxylation is 1. The summed E-state index contributed by atoms with van der Waals surface area (Å²) in [5, 5.41) is 0.425. The first-order chi connectivity index (χ1) is 14.8. The summed E-state index contributed by atoms with van der Waals surface area (Å²) in [6.07, 6.45) is 1.88. The summed E-state index contributed by atoms with van der Waals surface area (Å²) in [4.78, 5) is 22.2. The van der Waals surface area contributed by atoms with Crippen molar-refractivity contribution in [3.05, 3.63) is 53.6 Å². The van der Waals surface area contributed by atoms with Gasteiger partial charge in [-0.25, -0.2) is 13.8 Å². The Morgan fingerprint density at radius 2 is 1.84 bits per heavy atom. The molecular formula is C23H27F2N3OS2. The third-order valence-electron chi connectivity index (χ3n) is 4.75. The number of carbonyl (C=O) groups is 1. The Hall–Kier alpha value is -2.03. The zero-order valence-electron chi connectivity index (χ0n) is 18.0. The number of benzene rings is 2. The molecule has 2 aromatic carbocycles. The van der Waals surface area contributed by atoms with Gasteiger partial charge in [-0.15, -0.1) is 11.8 Å². The van der Waals surface area contributed by atoms with Crippen molar-refractivity contribution in [3.63, 3.8) is 0 Å². The van der Waals surface area contributed by atoms with E-state index in [0.717, 1.165) is 42.5 Å². The fraction of sp³-hybridized carbons (Fsp3) is 0.391. The van der Waals surface area contributed by atoms with Crippen molar-refractivity contribution >= 4 is 44.4 Å². The van der Waals surface area contributed by atoms with Crippen LogP contribution in [0.3, 0.4) is 0 Å². The molecule has 0 bridgehead atoms. The average molecular weight is 464 g/mol. The number of thioether (sulfide) groups is 1. The van der Waals surface area contributed by atoms with Gasteiger partial charge in [-0.2, -0.15) is 0 Å². The minimum absolute atomic E-state index is 0.0387. The smallest absolute Gasteiger partial charge is 0.228 e. The maximum atomic E-state index is 14.1. The molecule has 1 heterocycles. The zero-order chi connectivity index (χ0) is 22.4. The highest BCUT2D eigenvalue weighted by molar-refractivity contribution is 7.99. The van der Waals surface area contributed by atoms with Crippen molar-refractivity contribution in [2.45, 2.75) is 31.1 Å². The van der Waals surface area contributed by atoms with Crippen molar-refractivity contribution in [3.8, 4) is 0 Å². The predicted molar refractivity (Wildman–Crippen MR) is 126 cm³/mol. The number of carbonyl (C=O) groups excluding carboxylic acids is 1. The Labute approximate surface area is 190 Å². The molecule has 0 fully saturated rings. The lowest BCUT2D eigenvalue weighted by molar-refractivity contribution is -0.118. The molecule has 0 saturated carbocycles. The number of halogens is 2. The molecule has 8 heteroatoms. The minimum Gasteiger partial charge on any atom is -0.309 e. The summed E-state index contributed by atoms with van der Waals surface area (Å²) in [5.74, 6) is -0.547. The van der Waals surface area contributed by atoms with Crippen LogP contribution in [0, 0.1) is 18.6 Å². The van der Waals surface area contributed by atoms with Crippen molar-refractivity contribution in [2.75, 3.05) is 37.8 Å². The van der Waals surface area contributed by atoms with Crippen LogP contribution in [0.4, 0.5) is 13.9 Å². The SMILES string of the molecule is Cc1ccc(SCCCC(=O)N(CCCN(C)C)c2nc3c(F)cc(F)cc3s2)cc1. The van der Waals surface area contributed by atoms with E-state index in [0.29, 0.717) is 22.8 Å². The van der Waals surface area contributed by atoms with E-state index in [4.69, 9.17) is 0 Å². The first kappa shape index (κ1) is 23.6. The molecule has 0 N–H and O–H groups in total. The van der Waals surface area contributed by atoms with E-state index in [-0.39, 0.29) is 11.4 Å². The molecule has 0 spiro atoms. The van der Waals surface area contributed by atoms with Crippen LogP contribution < -0.4 is 4.90 Å². The summed E-state index contributed by atoms with van der Waals surface area (Å²) in [7, 11) is 3.95. The second-order valence-corrected chi connectivity index (χ2v) is 9.88. The van der Waals surface area contributed by atoms with Crippen LogP contribution in [0.1, 0.15) is 24.8 Å². The highest BCUT2D eigenvalue weighted by atomic mass is 32.2. The maximum absolute atomic E-state index is 14.1. The Morgan fingerprint density at radius 3 is 2.55 bits per heavy atom. The highest BCUT2D eigenvalue weighted by Gasteiger charge is 2.21. The van der Waals surface area contributed by atoms with Crippen molar-refractivity contribution in [1.82, 2.24) is 9.88 Å². The van der Waals surface area contributed by atoms with Crippen LogP contribution in [0.5, 0.6) is 0 Å². The van der Waals surface area contributed by atoms with E-state index in [1.165, 1.54) is 16.5 Å². The first-order valence-corrected chi connectivity index (χ1v) is 12.0. The van der Waals surface area contributed by atoms with Crippen LogP contribution in [-0.2, 0) is 4.79 Å². The van der Waals surface area contributed by atoms with Gasteiger partial charge < -0.3 is 4.90 Å². The summed E-state index contributed by atoms with van der Waals surface area (Å²) in [6, 6.07) is 10.4. The second kappa shape index (κ2) is 11.0. The minimum atomic E-state index is -0.701. The van der Waals surface area contributed by atoms with Gasteiger partial charge in [0.05, 0.1) is 4.70 Å². The zero-order valence-corrected chi connectivity index (χ0v) is 19.7. The molecule has 1 amide bonds. The van der Waals surface area contributed by atoms with Crippen LogP contribution in [0.25, 0.3) is 10.2 Å². The van der Waals surface area contributed by atoms with Crippen molar-refractivity contribution in [2.24, 2.45) is 0 Å². The van der Waals surface area contributed by atoms with E-state index in [2.05, 4.69) is 36.2 Å². The molecular weight excluding hydrogens is 436 g/mol. The lowest BCUT2D eigenvalue weighted by Crippen LogP contribution is -2.33. The van der Waals surface area contributed by atoms with Crippen LogP contribution >= 0.6 is 23.1 Å². The van der Waals surface area contributed by atoms with E-state index in [9.17, 15) is 13.6 Å². The topological polar surface area (TPSA) is 36.4 Å². The standard InChI is InChI=1S/C23H27F2N3OS2/c1-16-7-9-18(10-8-16)30-13-4-6-21(29)28(12-5-11-27(2)3)23-26-22-19(25)14-17(24)15-20(22)31-23/h7-10,14-15H,4-6,11-13H2,1-3H3. The third-order valence-corrected chi connectivity index (χ3v) is 6.87. The fourth-order valence-electron chi connectivity index (χ4n) is 3.12. The highest BCUT2D eigenvalue weighted by Crippen LogP contribution is 2.32. The summed E-state index contributed by atoms with van der Waals surface area (Å²) < 4.78 is 28.1. The number of amides is 1. The molecule has 31 heavy (non-hydrogen) atoms. The Balaban J connectivity index is 1.66. The predicted octanol–water partition coefficient (Wildman–Crippen LogP) is 5.74. The van der Waals surface area contributed by atoms with Crippen molar-refractivity contribution in [1.29, 1.82) is 0 Å². The third kappa shape index (κ3) is 6.72. The molecule has 0 saturated heterocycles. The normalized spacial score (nSPS) is 11.4. The Bertz CT molecular complexity index is 1020. The molecule has 0 aliphatic rings. The van der Waals surface area contributed by atoms with Gasteiger partial charge in [0.1, 0.15) is 11.3 Å². The maximum Gasteiger partial charge on any atom is 0.228 e. The summed E-state index contributed by atoms with van der Waals surface area (Å²) in [5.41, 5.74) is 1.33. The number of anilines is 1. The number of fused-ring (bicyclic) bond motifs is 1. The molecule has 1 aromatic heterocycles. The second-order valence-electron chi connectivity index (χ2n) is 7.70. The van der Waals surface area contributed by atoms with Crippen LogP contribution in [-0.4, -0.2) is 48.7 Å². The van der Waals surface area contributed by atoms with Gasteiger partial charge in [0.25, 0.3) is 0 Å². The Morgan fingerprint density at radius 1 is 1.10 bits per heavy atom. The van der Waals surface area contributed by atoms with Crippen LogP contribution in [0.15, 0.2) is 41.3 Å². The number of nitrogens with zero attached hydrogens (tertiary/aromatic N) is 3. The molecule has 0 aliphatic heterocycles. The monoisotopic (exact) mass is 463 g/mol. The van der Waals surface area contributed by atoms with Gasteiger partial charge in [0, 0.05) is 23.9 Å². The molecule has 0 atom stereocenters. The fourth-order valence-corrected chi connectivity index (χ4v) is 5.02. The molecule has 166 valence electrons. The van der Waals surface area contributed by atoms with Gasteiger partial charge in [0.15, 0.2) is 10.9 Å². The Kier molecular flexibility index (Phi) is 8.40. The van der Waals surface area contributed by atoms with Crippen LogP contribution in [0.2, 0.25) is 0 Å². The van der Waals surface area contributed by atoms with Crippen molar-refractivity contribution < 1.29 is 13.6 Å². The molecule has 4 nitrogen and oxygen atoms in total. The van der Waals surface area contributed by atoms with Gasteiger partial charge in [-0.3, -0.25) is 9.69 Å². The summed E-state index contributed by atoms with van der Waals surface area (Å²) in [6.45, 7) is 3.37. The lowest BCUT2D eigenvalue weighted by atomic mass is 10.2. The van der Waals surface area contributed by atoms with Gasteiger partial charge in [-0.1, -0.05) is 29.0 Å². The summed E-state index contributed by atoms with van der Waals surface area (Å²) >= 11 is 2.88. The van der Waals surface area contributed by atoms with E-state index >= 15 is 0 Å². The first-order valence-electron chi connectivity index (χ1n) is 10.2. The molecule has 0 radical (unpaired) electrons. The quantitative estimate of drug-likeness (QED) is 0.284. The van der Waals surface area contributed by atoms with E-state index < -0.39 is 11.6 Å². The molecule has 3 aromatic rings. The number of hydrogen-bond donors (Lipinski definition) is 0. The van der Waals surface area contributed by atoms with E-state index in [1.807, 2.05) is 19.0 Å². The molecule has 0 aliphatic carbocycles. The van der Waals surface area contributed by atoms with Gasteiger partial charge in [0.2, 0.25) is 5.91 Å². The number of hydrogen-bond acceptors (Lipinski definition) is 5. The number of aromatic nitrogens is 1. The number of rotatable bonds is 10. The van der Waals surface area contributed by atoms with Gasteiger partial charge in [-0.05, 0) is 64.4 Å². The molecule has 3 rings (SSSR count). The molecule has 0 unspecified atom stereocenters. The van der Waals surface area contributed by atoms with E-state index in [1.54, 1.807) is 16.7 Å². The van der Waals surface area contributed by atoms with Gasteiger partial charge >= 0.3 is 0 Å². The number of thiazole rings is 1. The largest absolute Gasteiger partial charge is 0.309 e.